The SMILES string of the molecule is CCOc1ccc(Oc2ccc(NC(=O)N[C@H](C)CO)cc2)cc1. The summed E-state index contributed by atoms with van der Waals surface area (Å²) in [7, 11) is 0. The number of rotatable bonds is 7. The molecule has 0 aromatic heterocycles. The van der Waals surface area contributed by atoms with E-state index in [-0.39, 0.29) is 18.7 Å². The molecule has 6 heteroatoms. The molecule has 2 aromatic rings. The van der Waals surface area contributed by atoms with E-state index in [1.807, 2.05) is 31.2 Å². The van der Waals surface area contributed by atoms with Gasteiger partial charge in [0.05, 0.1) is 19.3 Å². The van der Waals surface area contributed by atoms with E-state index in [2.05, 4.69) is 10.6 Å². The van der Waals surface area contributed by atoms with Crippen LogP contribution in [0.1, 0.15) is 13.8 Å². The maximum Gasteiger partial charge on any atom is 0.319 e. The Kier molecular flexibility index (Phi) is 6.45. The van der Waals surface area contributed by atoms with Gasteiger partial charge in [0, 0.05) is 5.69 Å². The lowest BCUT2D eigenvalue weighted by Crippen LogP contribution is -2.38. The van der Waals surface area contributed by atoms with Crippen LogP contribution in [-0.4, -0.2) is 30.4 Å². The van der Waals surface area contributed by atoms with Gasteiger partial charge in [-0.2, -0.15) is 0 Å². The second-order valence-corrected chi connectivity index (χ2v) is 5.21. The van der Waals surface area contributed by atoms with Crippen LogP contribution in [0.25, 0.3) is 0 Å². The number of hydrogen-bond acceptors (Lipinski definition) is 4. The number of nitrogens with one attached hydrogen (secondary N) is 2. The van der Waals surface area contributed by atoms with Crippen molar-refractivity contribution >= 4 is 11.7 Å². The summed E-state index contributed by atoms with van der Waals surface area (Å²) >= 11 is 0. The number of anilines is 1. The standard InChI is InChI=1S/C18H22N2O4/c1-3-23-15-8-10-17(11-9-15)24-16-6-4-14(5-7-16)20-18(22)19-13(2)12-21/h4-11,13,21H,3,12H2,1-2H3,(H2,19,20,22)/t13-/m1/s1. The van der Waals surface area contributed by atoms with Crippen molar-refractivity contribution < 1.29 is 19.4 Å². The number of hydrogen-bond donors (Lipinski definition) is 3. The molecule has 0 aliphatic carbocycles. The molecule has 128 valence electrons. The van der Waals surface area contributed by atoms with Crippen molar-refractivity contribution in [1.29, 1.82) is 0 Å². The average Bonchev–Trinajstić information content (AvgIpc) is 2.58. The van der Waals surface area contributed by atoms with Crippen molar-refractivity contribution in [2.75, 3.05) is 18.5 Å². The molecule has 0 radical (unpaired) electrons. The van der Waals surface area contributed by atoms with Crippen LogP contribution in [0.3, 0.4) is 0 Å². The van der Waals surface area contributed by atoms with Crippen LogP contribution in [0.4, 0.5) is 10.5 Å². The summed E-state index contributed by atoms with van der Waals surface area (Å²) in [6.07, 6.45) is 0. The fraction of sp³-hybridized carbons (Fsp3) is 0.278. The molecule has 0 bridgehead atoms. The Morgan fingerprint density at radius 1 is 1.04 bits per heavy atom. The lowest BCUT2D eigenvalue weighted by atomic mass is 10.3. The highest BCUT2D eigenvalue weighted by Gasteiger charge is 2.06. The summed E-state index contributed by atoms with van der Waals surface area (Å²) in [5.41, 5.74) is 0.636. The first-order valence-electron chi connectivity index (χ1n) is 7.80. The number of benzene rings is 2. The van der Waals surface area contributed by atoms with E-state index in [1.165, 1.54) is 0 Å². The van der Waals surface area contributed by atoms with Gasteiger partial charge in [-0.3, -0.25) is 0 Å². The van der Waals surface area contributed by atoms with E-state index in [0.29, 0.717) is 23.8 Å². The lowest BCUT2D eigenvalue weighted by Gasteiger charge is -2.12. The van der Waals surface area contributed by atoms with Gasteiger partial charge in [-0.05, 0) is 62.4 Å². The number of aliphatic hydroxyl groups is 1. The number of aliphatic hydroxyl groups excluding tert-OH is 1. The Bertz CT molecular complexity index is 641. The molecule has 6 nitrogen and oxygen atoms in total. The fourth-order valence-electron chi connectivity index (χ4n) is 1.95. The monoisotopic (exact) mass is 330 g/mol. The Balaban J connectivity index is 1.90. The molecule has 0 saturated carbocycles. The smallest absolute Gasteiger partial charge is 0.319 e. The molecule has 1 atom stereocenters. The summed E-state index contributed by atoms with van der Waals surface area (Å²) in [6.45, 7) is 4.17. The van der Waals surface area contributed by atoms with Gasteiger partial charge in [0.15, 0.2) is 0 Å². The van der Waals surface area contributed by atoms with Gasteiger partial charge in [0.25, 0.3) is 0 Å². The van der Waals surface area contributed by atoms with Crippen molar-refractivity contribution in [2.45, 2.75) is 19.9 Å². The first-order valence-corrected chi connectivity index (χ1v) is 7.80. The highest BCUT2D eigenvalue weighted by molar-refractivity contribution is 5.89. The summed E-state index contributed by atoms with van der Waals surface area (Å²) in [4.78, 5) is 11.7. The van der Waals surface area contributed by atoms with E-state index in [4.69, 9.17) is 14.6 Å². The van der Waals surface area contributed by atoms with Crippen LogP contribution in [0.5, 0.6) is 17.2 Å². The van der Waals surface area contributed by atoms with E-state index < -0.39 is 0 Å². The molecule has 0 fully saturated rings. The van der Waals surface area contributed by atoms with E-state index in [9.17, 15) is 4.79 Å². The third-order valence-electron chi connectivity index (χ3n) is 3.13. The van der Waals surface area contributed by atoms with Crippen LogP contribution >= 0.6 is 0 Å². The van der Waals surface area contributed by atoms with Crippen LogP contribution in [0, 0.1) is 0 Å². The maximum absolute atomic E-state index is 11.7. The van der Waals surface area contributed by atoms with Crippen LogP contribution in [0.15, 0.2) is 48.5 Å². The summed E-state index contributed by atoms with van der Waals surface area (Å²) in [5.74, 6) is 2.16. The minimum atomic E-state index is -0.364. The zero-order valence-electron chi connectivity index (χ0n) is 13.8. The number of carbonyl (C=O) groups excluding carboxylic acids is 1. The highest BCUT2D eigenvalue weighted by Crippen LogP contribution is 2.25. The summed E-state index contributed by atoms with van der Waals surface area (Å²) in [5, 5.41) is 14.2. The first kappa shape index (κ1) is 17.6. The molecule has 0 heterocycles. The minimum absolute atomic E-state index is 0.109. The second kappa shape index (κ2) is 8.79. The number of ether oxygens (including phenoxy) is 2. The number of amides is 2. The Labute approximate surface area is 141 Å². The zero-order valence-corrected chi connectivity index (χ0v) is 13.8. The van der Waals surface area contributed by atoms with Gasteiger partial charge in [0.2, 0.25) is 0 Å². The average molecular weight is 330 g/mol. The molecule has 2 rings (SSSR count). The highest BCUT2D eigenvalue weighted by atomic mass is 16.5. The fourth-order valence-corrected chi connectivity index (χ4v) is 1.95. The molecule has 0 spiro atoms. The van der Waals surface area contributed by atoms with Crippen molar-refractivity contribution in [3.05, 3.63) is 48.5 Å². The summed E-state index contributed by atoms with van der Waals surface area (Å²) in [6, 6.07) is 13.7. The zero-order chi connectivity index (χ0) is 17.4. The van der Waals surface area contributed by atoms with E-state index >= 15 is 0 Å². The molecule has 2 amide bonds. The van der Waals surface area contributed by atoms with Crippen molar-refractivity contribution in [3.63, 3.8) is 0 Å². The maximum atomic E-state index is 11.7. The van der Waals surface area contributed by atoms with Crippen molar-refractivity contribution in [2.24, 2.45) is 0 Å². The van der Waals surface area contributed by atoms with E-state index in [1.54, 1.807) is 31.2 Å². The van der Waals surface area contributed by atoms with Crippen molar-refractivity contribution in [1.82, 2.24) is 5.32 Å². The predicted molar refractivity (Wildman–Crippen MR) is 92.8 cm³/mol. The minimum Gasteiger partial charge on any atom is -0.494 e. The quantitative estimate of drug-likeness (QED) is 0.727. The number of carbonyl (C=O) groups is 1. The van der Waals surface area contributed by atoms with Gasteiger partial charge in [-0.15, -0.1) is 0 Å². The third kappa shape index (κ3) is 5.48. The summed E-state index contributed by atoms with van der Waals surface area (Å²) < 4.78 is 11.1. The van der Waals surface area contributed by atoms with Gasteiger partial charge in [0.1, 0.15) is 17.2 Å². The van der Waals surface area contributed by atoms with E-state index in [0.717, 1.165) is 5.75 Å². The molecule has 3 N–H and O–H groups in total. The normalized spacial score (nSPS) is 11.5. The van der Waals surface area contributed by atoms with Gasteiger partial charge >= 0.3 is 6.03 Å². The Morgan fingerprint density at radius 2 is 1.58 bits per heavy atom. The van der Waals surface area contributed by atoms with Crippen LogP contribution < -0.4 is 20.1 Å². The lowest BCUT2D eigenvalue weighted by molar-refractivity contribution is 0.229. The molecule has 24 heavy (non-hydrogen) atoms. The van der Waals surface area contributed by atoms with Gasteiger partial charge in [-0.1, -0.05) is 0 Å². The molecule has 0 aliphatic heterocycles. The molecule has 2 aromatic carbocycles. The second-order valence-electron chi connectivity index (χ2n) is 5.21. The molecule has 0 saturated heterocycles. The first-order chi connectivity index (χ1) is 11.6. The third-order valence-corrected chi connectivity index (χ3v) is 3.13. The largest absolute Gasteiger partial charge is 0.494 e. The predicted octanol–water partition coefficient (Wildman–Crippen LogP) is 3.38. The topological polar surface area (TPSA) is 79.8 Å². The molecular formula is C18H22N2O4. The van der Waals surface area contributed by atoms with Crippen LogP contribution in [0.2, 0.25) is 0 Å². The Morgan fingerprint density at radius 3 is 2.12 bits per heavy atom. The van der Waals surface area contributed by atoms with Gasteiger partial charge < -0.3 is 25.2 Å². The van der Waals surface area contributed by atoms with Gasteiger partial charge in [-0.25, -0.2) is 4.79 Å². The van der Waals surface area contributed by atoms with Crippen molar-refractivity contribution in [3.8, 4) is 17.2 Å². The number of urea groups is 1. The van der Waals surface area contributed by atoms with Crippen LogP contribution in [-0.2, 0) is 0 Å². The molecule has 0 aliphatic rings. The molecular weight excluding hydrogens is 308 g/mol. The Hall–Kier alpha value is -2.73. The molecule has 0 unspecified atom stereocenters.